The number of benzene rings is 2. The third-order valence-corrected chi connectivity index (χ3v) is 3.26. The van der Waals surface area contributed by atoms with E-state index in [1.165, 1.54) is 23.8 Å². The van der Waals surface area contributed by atoms with Crippen molar-refractivity contribution < 1.29 is 14.7 Å². The first-order valence-corrected chi connectivity index (χ1v) is 7.00. The second kappa shape index (κ2) is 7.22. The fraction of sp³-hybridized carbons (Fsp3) is 0.111. The SMILES string of the molecule is CCc1ccc(C(=O)/C=C/Nc2ccc(C(=O)O)cc2)cc1. The van der Waals surface area contributed by atoms with Crippen LogP contribution in [0.15, 0.2) is 60.8 Å². The number of aromatic carboxylic acids is 1. The molecular formula is C18H17NO3. The monoisotopic (exact) mass is 295 g/mol. The van der Waals surface area contributed by atoms with E-state index in [1.807, 2.05) is 24.3 Å². The Morgan fingerprint density at radius 3 is 2.14 bits per heavy atom. The topological polar surface area (TPSA) is 66.4 Å². The van der Waals surface area contributed by atoms with Crippen LogP contribution < -0.4 is 5.32 Å². The van der Waals surface area contributed by atoms with E-state index >= 15 is 0 Å². The fourth-order valence-corrected chi connectivity index (χ4v) is 1.92. The number of carboxylic acid groups (broad SMARTS) is 1. The fourth-order valence-electron chi connectivity index (χ4n) is 1.92. The van der Waals surface area contributed by atoms with Gasteiger partial charge in [0.1, 0.15) is 0 Å². The summed E-state index contributed by atoms with van der Waals surface area (Å²) in [5, 5.41) is 11.7. The number of hydrogen-bond donors (Lipinski definition) is 2. The number of nitrogens with one attached hydrogen (secondary N) is 1. The predicted molar refractivity (Wildman–Crippen MR) is 86.3 cm³/mol. The number of rotatable bonds is 6. The maximum absolute atomic E-state index is 12.0. The Hall–Kier alpha value is -2.88. The van der Waals surface area contributed by atoms with Crippen molar-refractivity contribution in [3.8, 4) is 0 Å². The molecule has 2 aromatic rings. The summed E-state index contributed by atoms with van der Waals surface area (Å²) in [5.74, 6) is -1.05. The highest BCUT2D eigenvalue weighted by molar-refractivity contribution is 6.04. The van der Waals surface area contributed by atoms with Crippen molar-refractivity contribution in [2.24, 2.45) is 0 Å². The largest absolute Gasteiger partial charge is 0.478 e. The van der Waals surface area contributed by atoms with Crippen molar-refractivity contribution in [2.75, 3.05) is 5.32 Å². The molecule has 0 aliphatic carbocycles. The number of carbonyl (C=O) groups excluding carboxylic acids is 1. The van der Waals surface area contributed by atoms with Crippen LogP contribution in [0.1, 0.15) is 33.2 Å². The summed E-state index contributed by atoms with van der Waals surface area (Å²) in [7, 11) is 0. The van der Waals surface area contributed by atoms with E-state index in [-0.39, 0.29) is 11.3 Å². The van der Waals surface area contributed by atoms with Crippen molar-refractivity contribution in [1.82, 2.24) is 0 Å². The summed E-state index contributed by atoms with van der Waals surface area (Å²) in [6.45, 7) is 2.07. The molecule has 0 aliphatic heterocycles. The lowest BCUT2D eigenvalue weighted by Gasteiger charge is -2.01. The first-order valence-electron chi connectivity index (χ1n) is 7.00. The quantitative estimate of drug-likeness (QED) is 0.629. The molecule has 22 heavy (non-hydrogen) atoms. The number of hydrogen-bond acceptors (Lipinski definition) is 3. The van der Waals surface area contributed by atoms with E-state index in [0.29, 0.717) is 5.56 Å². The maximum atomic E-state index is 12.0. The van der Waals surface area contributed by atoms with Crippen LogP contribution in [0.25, 0.3) is 0 Å². The molecule has 0 fully saturated rings. The third kappa shape index (κ3) is 4.06. The zero-order chi connectivity index (χ0) is 15.9. The third-order valence-electron chi connectivity index (χ3n) is 3.26. The van der Waals surface area contributed by atoms with Gasteiger partial charge in [-0.1, -0.05) is 31.2 Å². The van der Waals surface area contributed by atoms with Crippen LogP contribution in [-0.2, 0) is 6.42 Å². The van der Waals surface area contributed by atoms with Crippen molar-refractivity contribution in [1.29, 1.82) is 0 Å². The molecule has 112 valence electrons. The molecule has 0 aliphatic rings. The minimum Gasteiger partial charge on any atom is -0.478 e. The summed E-state index contributed by atoms with van der Waals surface area (Å²) >= 11 is 0. The standard InChI is InChI=1S/C18H17NO3/c1-2-13-3-5-14(6-4-13)17(20)11-12-19-16-9-7-15(8-10-16)18(21)22/h3-12,19H,2H2,1H3,(H,21,22)/b12-11+. The Kier molecular flexibility index (Phi) is 5.09. The first-order chi connectivity index (χ1) is 10.6. The number of aryl methyl sites for hydroxylation is 1. The van der Waals surface area contributed by atoms with Gasteiger partial charge < -0.3 is 10.4 Å². The molecule has 0 bridgehead atoms. The van der Waals surface area contributed by atoms with Gasteiger partial charge in [-0.3, -0.25) is 4.79 Å². The van der Waals surface area contributed by atoms with Gasteiger partial charge in [0.05, 0.1) is 5.56 Å². The molecule has 2 N–H and O–H groups in total. The van der Waals surface area contributed by atoms with Gasteiger partial charge in [-0.05, 0) is 36.2 Å². The molecular weight excluding hydrogens is 278 g/mol. The van der Waals surface area contributed by atoms with Gasteiger partial charge in [0.25, 0.3) is 0 Å². The van der Waals surface area contributed by atoms with Crippen LogP contribution >= 0.6 is 0 Å². The highest BCUT2D eigenvalue weighted by Crippen LogP contribution is 2.10. The van der Waals surface area contributed by atoms with Gasteiger partial charge in [0.2, 0.25) is 0 Å². The van der Waals surface area contributed by atoms with Gasteiger partial charge in [-0.25, -0.2) is 4.79 Å². The minimum atomic E-state index is -0.965. The van der Waals surface area contributed by atoms with E-state index < -0.39 is 5.97 Å². The Balaban J connectivity index is 1.96. The molecule has 0 amide bonds. The summed E-state index contributed by atoms with van der Waals surface area (Å²) in [6, 6.07) is 13.8. The van der Waals surface area contributed by atoms with Crippen molar-refractivity contribution >= 4 is 17.4 Å². The van der Waals surface area contributed by atoms with Crippen LogP contribution in [0.4, 0.5) is 5.69 Å². The van der Waals surface area contributed by atoms with Crippen molar-refractivity contribution in [3.05, 3.63) is 77.5 Å². The minimum absolute atomic E-state index is 0.0858. The highest BCUT2D eigenvalue weighted by atomic mass is 16.4. The Morgan fingerprint density at radius 1 is 1.00 bits per heavy atom. The van der Waals surface area contributed by atoms with Crippen LogP contribution in [0.2, 0.25) is 0 Å². The summed E-state index contributed by atoms with van der Waals surface area (Å²) < 4.78 is 0. The second-order valence-electron chi connectivity index (χ2n) is 4.77. The summed E-state index contributed by atoms with van der Waals surface area (Å²) in [4.78, 5) is 22.7. The number of allylic oxidation sites excluding steroid dienone is 1. The second-order valence-corrected chi connectivity index (χ2v) is 4.77. The normalized spacial score (nSPS) is 10.6. The lowest BCUT2D eigenvalue weighted by molar-refractivity contribution is 0.0696. The molecule has 0 heterocycles. The van der Waals surface area contributed by atoms with Gasteiger partial charge in [-0.15, -0.1) is 0 Å². The molecule has 0 unspecified atom stereocenters. The zero-order valence-corrected chi connectivity index (χ0v) is 12.2. The van der Waals surface area contributed by atoms with E-state index in [2.05, 4.69) is 12.2 Å². The lowest BCUT2D eigenvalue weighted by atomic mass is 10.1. The van der Waals surface area contributed by atoms with Crippen molar-refractivity contribution in [2.45, 2.75) is 13.3 Å². The molecule has 0 spiro atoms. The van der Waals surface area contributed by atoms with Gasteiger partial charge in [0.15, 0.2) is 5.78 Å². The molecule has 0 aromatic heterocycles. The lowest BCUT2D eigenvalue weighted by Crippen LogP contribution is -1.98. The molecule has 2 rings (SSSR count). The maximum Gasteiger partial charge on any atom is 0.335 e. The predicted octanol–water partition coefficient (Wildman–Crippen LogP) is 3.76. The van der Waals surface area contributed by atoms with E-state index in [0.717, 1.165) is 12.1 Å². The van der Waals surface area contributed by atoms with Gasteiger partial charge in [0, 0.05) is 23.5 Å². The van der Waals surface area contributed by atoms with Crippen LogP contribution in [0, 0.1) is 0 Å². The smallest absolute Gasteiger partial charge is 0.335 e. The molecule has 2 aromatic carbocycles. The molecule has 0 radical (unpaired) electrons. The average Bonchev–Trinajstić information content (AvgIpc) is 2.55. The number of ketones is 1. The molecule has 4 nitrogen and oxygen atoms in total. The molecule has 0 saturated heterocycles. The van der Waals surface area contributed by atoms with E-state index in [4.69, 9.17) is 5.11 Å². The van der Waals surface area contributed by atoms with Crippen LogP contribution in [0.3, 0.4) is 0 Å². The van der Waals surface area contributed by atoms with E-state index in [9.17, 15) is 9.59 Å². The number of carboxylic acids is 1. The van der Waals surface area contributed by atoms with Gasteiger partial charge >= 0.3 is 5.97 Å². The Labute approximate surface area is 129 Å². The highest BCUT2D eigenvalue weighted by Gasteiger charge is 2.02. The molecule has 0 saturated carbocycles. The van der Waals surface area contributed by atoms with Crippen molar-refractivity contribution in [3.63, 3.8) is 0 Å². The summed E-state index contributed by atoms with van der Waals surface area (Å²) in [6.07, 6.45) is 3.94. The number of carbonyl (C=O) groups is 2. The number of anilines is 1. The van der Waals surface area contributed by atoms with Gasteiger partial charge in [-0.2, -0.15) is 0 Å². The van der Waals surface area contributed by atoms with E-state index in [1.54, 1.807) is 18.3 Å². The first kappa shape index (κ1) is 15.5. The van der Waals surface area contributed by atoms with Crippen LogP contribution in [0.5, 0.6) is 0 Å². The Bertz CT molecular complexity index is 685. The molecule has 0 atom stereocenters. The average molecular weight is 295 g/mol. The Morgan fingerprint density at radius 2 is 1.59 bits per heavy atom. The molecule has 4 heteroatoms. The summed E-state index contributed by atoms with van der Waals surface area (Å²) in [5.41, 5.74) is 2.77. The van der Waals surface area contributed by atoms with Crippen LogP contribution in [-0.4, -0.2) is 16.9 Å². The zero-order valence-electron chi connectivity index (χ0n) is 12.2.